The Labute approximate surface area is 123 Å². The van der Waals surface area contributed by atoms with Gasteiger partial charge in [0.15, 0.2) is 0 Å². The molecule has 3 rings (SSSR count). The zero-order chi connectivity index (χ0) is 15.2. The first-order chi connectivity index (χ1) is 9.89. The molecule has 2 unspecified atom stereocenters. The quantitative estimate of drug-likeness (QED) is 0.724. The largest absolute Gasteiger partial charge is 0.399 e. The van der Waals surface area contributed by atoms with Crippen LogP contribution in [0.25, 0.3) is 10.9 Å². The van der Waals surface area contributed by atoms with Crippen molar-refractivity contribution in [2.45, 2.75) is 24.3 Å². The smallest absolute Gasteiger partial charge is 0.245 e. The Balaban J connectivity index is 2.01. The maximum absolute atomic E-state index is 12.8. The van der Waals surface area contributed by atoms with Crippen LogP contribution < -0.4 is 5.73 Å². The Bertz CT molecular complexity index is 769. The molecule has 21 heavy (non-hydrogen) atoms. The molecule has 114 valence electrons. The van der Waals surface area contributed by atoms with Crippen molar-refractivity contribution in [2.24, 2.45) is 5.92 Å². The summed E-state index contributed by atoms with van der Waals surface area (Å²) in [5, 5.41) is 10.4. The zero-order valence-corrected chi connectivity index (χ0v) is 12.6. The number of H-pyrrole nitrogens is 1. The first kappa shape index (κ1) is 14.4. The molecule has 1 aliphatic heterocycles. The van der Waals surface area contributed by atoms with Gasteiger partial charge in [0.25, 0.3) is 0 Å². The van der Waals surface area contributed by atoms with Crippen molar-refractivity contribution in [1.82, 2.24) is 9.29 Å². The number of nitrogens with zero attached hydrogens (tertiary/aromatic N) is 1. The molecule has 2 atom stereocenters. The van der Waals surface area contributed by atoms with Crippen LogP contribution in [0.15, 0.2) is 29.3 Å². The molecule has 1 fully saturated rings. The summed E-state index contributed by atoms with van der Waals surface area (Å²) in [5.41, 5.74) is 7.00. The molecule has 0 spiro atoms. The molecule has 0 radical (unpaired) electrons. The molecule has 1 aliphatic rings. The molecule has 0 saturated carbocycles. The third-order valence-electron chi connectivity index (χ3n) is 4.11. The SMILES string of the molecule is CC1CN(S(=O)(=O)c2c[nH]c3cc(N)ccc23)CCC1O. The minimum Gasteiger partial charge on any atom is -0.399 e. The van der Waals surface area contributed by atoms with Crippen molar-refractivity contribution in [3.63, 3.8) is 0 Å². The Hall–Kier alpha value is -1.57. The molecule has 2 heterocycles. The van der Waals surface area contributed by atoms with Gasteiger partial charge >= 0.3 is 0 Å². The van der Waals surface area contributed by atoms with Gasteiger partial charge in [-0.2, -0.15) is 4.31 Å². The number of hydrogen-bond donors (Lipinski definition) is 3. The summed E-state index contributed by atoms with van der Waals surface area (Å²) in [7, 11) is -3.56. The lowest BCUT2D eigenvalue weighted by Crippen LogP contribution is -2.44. The first-order valence-electron chi connectivity index (χ1n) is 6.94. The van der Waals surface area contributed by atoms with E-state index in [1.165, 1.54) is 10.5 Å². The van der Waals surface area contributed by atoms with Gasteiger partial charge in [0.2, 0.25) is 10.0 Å². The second-order valence-corrected chi connectivity index (χ2v) is 7.56. The normalized spacial score (nSPS) is 24.5. The number of aromatic nitrogens is 1. The fraction of sp³-hybridized carbons (Fsp3) is 0.429. The summed E-state index contributed by atoms with van der Waals surface area (Å²) >= 11 is 0. The minimum atomic E-state index is -3.56. The number of piperidine rings is 1. The van der Waals surface area contributed by atoms with Crippen molar-refractivity contribution in [1.29, 1.82) is 0 Å². The Morgan fingerprint density at radius 2 is 2.19 bits per heavy atom. The number of hydrogen-bond acceptors (Lipinski definition) is 4. The number of sulfonamides is 1. The number of aliphatic hydroxyl groups excluding tert-OH is 1. The van der Waals surface area contributed by atoms with Crippen LogP contribution in [0.1, 0.15) is 13.3 Å². The number of fused-ring (bicyclic) bond motifs is 1. The van der Waals surface area contributed by atoms with Crippen molar-refractivity contribution < 1.29 is 13.5 Å². The summed E-state index contributed by atoms with van der Waals surface area (Å²) in [6.45, 7) is 2.54. The van der Waals surface area contributed by atoms with E-state index in [2.05, 4.69) is 4.98 Å². The van der Waals surface area contributed by atoms with Crippen molar-refractivity contribution >= 4 is 26.6 Å². The molecule has 1 saturated heterocycles. The van der Waals surface area contributed by atoms with Crippen LogP contribution in [0.2, 0.25) is 0 Å². The molecule has 0 amide bonds. The van der Waals surface area contributed by atoms with E-state index in [1.807, 2.05) is 6.92 Å². The summed E-state index contributed by atoms with van der Waals surface area (Å²) in [5.74, 6) is -0.0608. The maximum atomic E-state index is 12.8. The van der Waals surface area contributed by atoms with Gasteiger partial charge < -0.3 is 15.8 Å². The van der Waals surface area contributed by atoms with Crippen molar-refractivity contribution in [3.05, 3.63) is 24.4 Å². The molecule has 6 nitrogen and oxygen atoms in total. The molecule has 1 aromatic carbocycles. The monoisotopic (exact) mass is 309 g/mol. The predicted molar refractivity (Wildman–Crippen MR) is 81.3 cm³/mol. The van der Waals surface area contributed by atoms with Gasteiger partial charge in [-0.05, 0) is 30.5 Å². The molecular weight excluding hydrogens is 290 g/mol. The number of nitrogens with two attached hydrogens (primary N) is 1. The summed E-state index contributed by atoms with van der Waals surface area (Å²) < 4.78 is 27.0. The lowest BCUT2D eigenvalue weighted by Gasteiger charge is -2.33. The van der Waals surface area contributed by atoms with Gasteiger partial charge in [-0.25, -0.2) is 8.42 Å². The van der Waals surface area contributed by atoms with Crippen LogP contribution in [0.3, 0.4) is 0 Å². The van der Waals surface area contributed by atoms with Gasteiger partial charge in [0.1, 0.15) is 4.90 Å². The fourth-order valence-electron chi connectivity index (χ4n) is 2.78. The average molecular weight is 309 g/mol. The molecule has 7 heteroatoms. The highest BCUT2D eigenvalue weighted by molar-refractivity contribution is 7.89. The molecule has 1 aromatic heterocycles. The number of nitrogen functional groups attached to an aromatic ring is 1. The minimum absolute atomic E-state index is 0.0608. The number of aromatic amines is 1. The molecule has 4 N–H and O–H groups in total. The third kappa shape index (κ3) is 2.41. The van der Waals surface area contributed by atoms with Gasteiger partial charge in [-0.1, -0.05) is 6.92 Å². The molecular formula is C14H19N3O3S. The molecule has 0 bridgehead atoms. The highest BCUT2D eigenvalue weighted by Crippen LogP contribution is 2.29. The van der Waals surface area contributed by atoms with Crippen molar-refractivity contribution in [2.75, 3.05) is 18.8 Å². The lowest BCUT2D eigenvalue weighted by molar-refractivity contribution is 0.0629. The number of rotatable bonds is 2. The van der Waals surface area contributed by atoms with Crippen LogP contribution in [0.5, 0.6) is 0 Å². The number of benzene rings is 1. The Morgan fingerprint density at radius 3 is 2.90 bits per heavy atom. The average Bonchev–Trinajstić information content (AvgIpc) is 2.85. The molecule has 0 aliphatic carbocycles. The predicted octanol–water partition coefficient (Wildman–Crippen LogP) is 1.14. The Morgan fingerprint density at radius 1 is 1.43 bits per heavy atom. The summed E-state index contributed by atoms with van der Waals surface area (Å²) in [6.07, 6.45) is 1.55. The van der Waals surface area contributed by atoms with E-state index in [9.17, 15) is 13.5 Å². The summed E-state index contributed by atoms with van der Waals surface area (Å²) in [4.78, 5) is 3.22. The van der Waals surface area contributed by atoms with Crippen LogP contribution in [0, 0.1) is 5.92 Å². The lowest BCUT2D eigenvalue weighted by atomic mass is 9.99. The second-order valence-electron chi connectivity index (χ2n) is 5.65. The maximum Gasteiger partial charge on any atom is 0.245 e. The topological polar surface area (TPSA) is 99.4 Å². The van der Waals surface area contributed by atoms with Gasteiger partial charge in [0.05, 0.1) is 6.10 Å². The van der Waals surface area contributed by atoms with Crippen LogP contribution in [-0.2, 0) is 10.0 Å². The van der Waals surface area contributed by atoms with Crippen LogP contribution in [-0.4, -0.2) is 42.0 Å². The Kier molecular flexibility index (Phi) is 3.43. The van der Waals surface area contributed by atoms with E-state index in [0.717, 1.165) is 0 Å². The van der Waals surface area contributed by atoms with E-state index in [4.69, 9.17) is 5.73 Å². The van der Waals surface area contributed by atoms with E-state index in [-0.39, 0.29) is 10.8 Å². The number of nitrogens with one attached hydrogen (secondary N) is 1. The van der Waals surface area contributed by atoms with Crippen molar-refractivity contribution in [3.8, 4) is 0 Å². The van der Waals surface area contributed by atoms with Gasteiger partial charge in [-0.15, -0.1) is 0 Å². The number of aliphatic hydroxyl groups is 1. The van der Waals surface area contributed by atoms with E-state index in [1.54, 1.807) is 18.2 Å². The van der Waals surface area contributed by atoms with E-state index >= 15 is 0 Å². The van der Waals surface area contributed by atoms with E-state index < -0.39 is 16.1 Å². The summed E-state index contributed by atoms with van der Waals surface area (Å²) in [6, 6.07) is 5.13. The highest BCUT2D eigenvalue weighted by atomic mass is 32.2. The fourth-order valence-corrected chi connectivity index (χ4v) is 4.50. The zero-order valence-electron chi connectivity index (χ0n) is 11.8. The number of anilines is 1. The standard InChI is InChI=1S/C14H19N3O3S/c1-9-8-17(5-4-13(9)18)21(19,20)14-7-16-12-6-10(15)2-3-11(12)14/h2-3,6-7,9,13,16,18H,4-5,8,15H2,1H3. The van der Waals surface area contributed by atoms with Gasteiger partial charge in [0, 0.05) is 35.9 Å². The van der Waals surface area contributed by atoms with Crippen LogP contribution in [0.4, 0.5) is 5.69 Å². The third-order valence-corrected chi connectivity index (χ3v) is 6.01. The van der Waals surface area contributed by atoms with Crippen LogP contribution >= 0.6 is 0 Å². The first-order valence-corrected chi connectivity index (χ1v) is 8.38. The van der Waals surface area contributed by atoms with E-state index in [0.29, 0.717) is 36.1 Å². The highest BCUT2D eigenvalue weighted by Gasteiger charge is 2.33. The van der Waals surface area contributed by atoms with Gasteiger partial charge in [-0.3, -0.25) is 0 Å². The molecule has 2 aromatic rings. The second kappa shape index (κ2) is 5.01.